The Morgan fingerprint density at radius 2 is 1.37 bits per heavy atom. The number of halogens is 3. The summed E-state index contributed by atoms with van der Waals surface area (Å²) >= 11 is 0. The van der Waals surface area contributed by atoms with Gasteiger partial charge in [-0.2, -0.15) is 13.2 Å². The minimum atomic E-state index is -4.22. The smallest absolute Gasteiger partial charge is 0.170 e. The predicted molar refractivity (Wildman–Crippen MR) is 75.4 cm³/mol. The van der Waals surface area contributed by atoms with Crippen LogP contribution in [0.4, 0.5) is 13.2 Å². The van der Waals surface area contributed by atoms with Gasteiger partial charge in [0.05, 0.1) is 5.41 Å². The molecule has 0 saturated heterocycles. The second-order valence-corrected chi connectivity index (χ2v) is 5.42. The second kappa shape index (κ2) is 6.97. The number of rotatable bonds is 3. The summed E-state index contributed by atoms with van der Waals surface area (Å²) in [5.41, 5.74) is -0.386. The van der Waals surface area contributed by atoms with E-state index in [1.54, 1.807) is 24.3 Å². The number of alkyl halides is 3. The molecule has 0 N–H and O–H groups in total. The molecule has 3 heteroatoms. The molecule has 0 saturated carbocycles. The van der Waals surface area contributed by atoms with Crippen LogP contribution in [0.1, 0.15) is 52.7 Å². The highest BCUT2D eigenvalue weighted by Gasteiger charge is 2.48. The molecule has 0 nitrogen and oxygen atoms in total. The van der Waals surface area contributed by atoms with Gasteiger partial charge in [-0.05, 0) is 37.3 Å². The summed E-state index contributed by atoms with van der Waals surface area (Å²) in [4.78, 5) is 0. The van der Waals surface area contributed by atoms with E-state index in [4.69, 9.17) is 0 Å². The molecule has 0 amide bonds. The normalized spacial score (nSPS) is 12.1. The lowest BCUT2D eigenvalue weighted by molar-refractivity contribution is -0.180. The molecule has 0 heterocycles. The van der Waals surface area contributed by atoms with Crippen LogP contribution in [0.2, 0.25) is 0 Å². The van der Waals surface area contributed by atoms with Gasteiger partial charge in [-0.1, -0.05) is 52.0 Å². The Kier molecular flexibility index (Phi) is 6.61. The highest BCUT2D eigenvalue weighted by molar-refractivity contribution is 5.29. The SMILES string of the molecule is CC.CC(C)Cc1ccc(C(C)(C)C(F)(F)F)cc1. The fraction of sp³-hybridized carbons (Fsp3) is 0.625. The number of benzene rings is 1. The molecule has 1 aromatic rings. The van der Waals surface area contributed by atoms with Gasteiger partial charge in [0.2, 0.25) is 0 Å². The molecule has 0 bridgehead atoms. The molecule has 0 aliphatic heterocycles. The first kappa shape index (κ1) is 18.0. The molecule has 0 unspecified atom stereocenters. The van der Waals surface area contributed by atoms with E-state index in [1.807, 2.05) is 13.8 Å². The first-order valence-electron chi connectivity index (χ1n) is 6.80. The van der Waals surface area contributed by atoms with E-state index in [0.717, 1.165) is 12.0 Å². The van der Waals surface area contributed by atoms with Crippen LogP contribution in [0.5, 0.6) is 0 Å². The molecule has 0 aliphatic carbocycles. The fourth-order valence-electron chi connectivity index (χ4n) is 1.69. The Labute approximate surface area is 115 Å². The molecular weight excluding hydrogens is 249 g/mol. The molecule has 0 aliphatic rings. The van der Waals surface area contributed by atoms with Gasteiger partial charge in [-0.25, -0.2) is 0 Å². The fourth-order valence-corrected chi connectivity index (χ4v) is 1.69. The highest BCUT2D eigenvalue weighted by Crippen LogP contribution is 2.40. The van der Waals surface area contributed by atoms with Gasteiger partial charge < -0.3 is 0 Å². The van der Waals surface area contributed by atoms with Gasteiger partial charge in [0.15, 0.2) is 0 Å². The van der Waals surface area contributed by atoms with E-state index >= 15 is 0 Å². The lowest BCUT2D eigenvalue weighted by Gasteiger charge is -2.28. The zero-order valence-corrected chi connectivity index (χ0v) is 12.7. The van der Waals surface area contributed by atoms with Crippen molar-refractivity contribution < 1.29 is 13.2 Å². The summed E-state index contributed by atoms with van der Waals surface area (Å²) in [5.74, 6) is 0.511. The van der Waals surface area contributed by atoms with Crippen molar-refractivity contribution in [2.45, 2.75) is 59.6 Å². The van der Waals surface area contributed by atoms with Crippen LogP contribution < -0.4 is 0 Å². The molecule has 110 valence electrons. The Bertz CT molecular complexity index is 359. The van der Waals surface area contributed by atoms with E-state index in [-0.39, 0.29) is 0 Å². The van der Waals surface area contributed by atoms with Crippen molar-refractivity contribution in [3.8, 4) is 0 Å². The lowest BCUT2D eigenvalue weighted by Crippen LogP contribution is -2.36. The zero-order valence-electron chi connectivity index (χ0n) is 12.7. The van der Waals surface area contributed by atoms with Gasteiger partial charge in [0.1, 0.15) is 0 Å². The molecular formula is C16H25F3. The molecule has 0 fully saturated rings. The molecule has 19 heavy (non-hydrogen) atoms. The van der Waals surface area contributed by atoms with Gasteiger partial charge in [0.25, 0.3) is 0 Å². The van der Waals surface area contributed by atoms with E-state index in [1.165, 1.54) is 13.8 Å². The van der Waals surface area contributed by atoms with Crippen molar-refractivity contribution in [2.24, 2.45) is 5.92 Å². The maximum atomic E-state index is 12.8. The van der Waals surface area contributed by atoms with Crippen LogP contribution in [-0.2, 0) is 11.8 Å². The quantitative estimate of drug-likeness (QED) is 0.658. The van der Waals surface area contributed by atoms with E-state index in [0.29, 0.717) is 11.5 Å². The van der Waals surface area contributed by atoms with Crippen LogP contribution >= 0.6 is 0 Å². The molecule has 1 aromatic carbocycles. The first-order chi connectivity index (χ1) is 8.64. The Balaban J connectivity index is 0.00000154. The Morgan fingerprint density at radius 3 is 1.68 bits per heavy atom. The molecule has 0 atom stereocenters. The van der Waals surface area contributed by atoms with Crippen molar-refractivity contribution in [3.05, 3.63) is 35.4 Å². The first-order valence-corrected chi connectivity index (χ1v) is 6.80. The van der Waals surface area contributed by atoms with Crippen molar-refractivity contribution in [1.29, 1.82) is 0 Å². The summed E-state index contributed by atoms with van der Waals surface area (Å²) in [7, 11) is 0. The third-order valence-electron chi connectivity index (χ3n) is 3.03. The second-order valence-electron chi connectivity index (χ2n) is 5.42. The standard InChI is InChI=1S/C14H19F3.C2H6/c1-10(2)9-11-5-7-12(8-6-11)13(3,4)14(15,16)17;1-2/h5-8,10H,9H2,1-4H3;1-2H3. The maximum absolute atomic E-state index is 12.8. The van der Waals surface area contributed by atoms with Crippen molar-refractivity contribution in [1.82, 2.24) is 0 Å². The van der Waals surface area contributed by atoms with Gasteiger partial charge in [-0.3, -0.25) is 0 Å². The Hall–Kier alpha value is -0.990. The lowest BCUT2D eigenvalue weighted by atomic mass is 9.83. The largest absolute Gasteiger partial charge is 0.397 e. The summed E-state index contributed by atoms with van der Waals surface area (Å²) in [6.45, 7) is 10.6. The summed E-state index contributed by atoms with van der Waals surface area (Å²) in [5, 5.41) is 0. The van der Waals surface area contributed by atoms with Crippen LogP contribution in [0.25, 0.3) is 0 Å². The van der Waals surface area contributed by atoms with E-state index < -0.39 is 11.6 Å². The minimum absolute atomic E-state index is 0.317. The average molecular weight is 274 g/mol. The maximum Gasteiger partial charge on any atom is 0.397 e. The van der Waals surface area contributed by atoms with E-state index in [2.05, 4.69) is 13.8 Å². The van der Waals surface area contributed by atoms with Crippen molar-refractivity contribution >= 4 is 0 Å². The van der Waals surface area contributed by atoms with Crippen LogP contribution in [0, 0.1) is 5.92 Å². The van der Waals surface area contributed by atoms with Crippen LogP contribution in [0.3, 0.4) is 0 Å². The van der Waals surface area contributed by atoms with Gasteiger partial charge in [0, 0.05) is 0 Å². The Morgan fingerprint density at radius 1 is 0.947 bits per heavy atom. The number of hydrogen-bond donors (Lipinski definition) is 0. The monoisotopic (exact) mass is 274 g/mol. The average Bonchev–Trinajstić information content (AvgIpc) is 2.30. The van der Waals surface area contributed by atoms with Crippen molar-refractivity contribution in [2.75, 3.05) is 0 Å². The topological polar surface area (TPSA) is 0 Å². The van der Waals surface area contributed by atoms with E-state index in [9.17, 15) is 13.2 Å². The third kappa shape index (κ3) is 4.88. The van der Waals surface area contributed by atoms with Crippen LogP contribution in [-0.4, -0.2) is 6.18 Å². The summed E-state index contributed by atoms with van der Waals surface area (Å²) < 4.78 is 38.5. The van der Waals surface area contributed by atoms with Crippen molar-refractivity contribution in [3.63, 3.8) is 0 Å². The van der Waals surface area contributed by atoms with Gasteiger partial charge in [-0.15, -0.1) is 0 Å². The predicted octanol–water partition coefficient (Wildman–Crippen LogP) is 5.75. The molecule has 0 spiro atoms. The zero-order chi connectivity index (χ0) is 15.3. The van der Waals surface area contributed by atoms with Gasteiger partial charge >= 0.3 is 6.18 Å². The highest BCUT2D eigenvalue weighted by atomic mass is 19.4. The van der Waals surface area contributed by atoms with Crippen LogP contribution in [0.15, 0.2) is 24.3 Å². The summed E-state index contributed by atoms with van der Waals surface area (Å²) in [6.07, 6.45) is -3.32. The third-order valence-corrected chi connectivity index (χ3v) is 3.03. The summed E-state index contributed by atoms with van der Waals surface area (Å²) in [6, 6.07) is 6.77. The molecule has 1 rings (SSSR count). The number of hydrogen-bond acceptors (Lipinski definition) is 0. The molecule has 0 radical (unpaired) electrons. The molecule has 0 aromatic heterocycles. The minimum Gasteiger partial charge on any atom is -0.170 e.